The molecule has 15 heavy (non-hydrogen) atoms. The zero-order valence-corrected chi connectivity index (χ0v) is 9.52. The van der Waals surface area contributed by atoms with E-state index in [0.29, 0.717) is 0 Å². The van der Waals surface area contributed by atoms with Crippen LogP contribution in [0.5, 0.6) is 0 Å². The summed E-state index contributed by atoms with van der Waals surface area (Å²) in [6, 6.07) is 10.1. The van der Waals surface area contributed by atoms with Crippen molar-refractivity contribution in [1.29, 1.82) is 0 Å². The van der Waals surface area contributed by atoms with E-state index in [1.807, 2.05) is 18.2 Å². The van der Waals surface area contributed by atoms with E-state index in [-0.39, 0.29) is 12.0 Å². The van der Waals surface area contributed by atoms with E-state index in [9.17, 15) is 5.11 Å². The molecule has 1 aromatic rings. The summed E-state index contributed by atoms with van der Waals surface area (Å²) in [5, 5.41) is 9.94. The maximum absolute atomic E-state index is 9.94. The number of hydrogen-bond donors (Lipinski definition) is 1. The van der Waals surface area contributed by atoms with Crippen molar-refractivity contribution in [3.05, 3.63) is 35.9 Å². The molecule has 0 fully saturated rings. The van der Waals surface area contributed by atoms with Crippen LogP contribution in [0.15, 0.2) is 30.3 Å². The van der Waals surface area contributed by atoms with Gasteiger partial charge in [0, 0.05) is 19.6 Å². The minimum Gasteiger partial charge on any atom is -0.393 e. The first-order valence-electron chi connectivity index (χ1n) is 5.47. The molecule has 0 bridgehead atoms. The van der Waals surface area contributed by atoms with Crippen LogP contribution in [0.4, 0.5) is 0 Å². The fraction of sp³-hybridized carbons (Fsp3) is 0.538. The standard InChI is InChI=1S/C13H20O2/c1-11(12-7-4-3-5-8-12)13(14)9-6-10-15-2/h3-5,7-8,11,13-14H,6,9-10H2,1-2H3. The molecule has 2 atom stereocenters. The van der Waals surface area contributed by atoms with Gasteiger partial charge >= 0.3 is 0 Å². The summed E-state index contributed by atoms with van der Waals surface area (Å²) in [7, 11) is 1.69. The van der Waals surface area contributed by atoms with E-state index in [4.69, 9.17) is 4.74 Å². The summed E-state index contributed by atoms with van der Waals surface area (Å²) in [6.45, 7) is 2.78. The molecule has 0 heterocycles. The monoisotopic (exact) mass is 208 g/mol. The smallest absolute Gasteiger partial charge is 0.0606 e. The molecular formula is C13H20O2. The molecule has 0 spiro atoms. The molecule has 0 aromatic heterocycles. The first-order chi connectivity index (χ1) is 7.25. The fourth-order valence-corrected chi connectivity index (χ4v) is 1.67. The Labute approximate surface area is 91.9 Å². The maximum Gasteiger partial charge on any atom is 0.0606 e. The molecule has 0 saturated heterocycles. The SMILES string of the molecule is COCCCC(O)C(C)c1ccccc1. The average Bonchev–Trinajstić information content (AvgIpc) is 2.29. The highest BCUT2D eigenvalue weighted by molar-refractivity contribution is 5.19. The lowest BCUT2D eigenvalue weighted by molar-refractivity contribution is 0.118. The summed E-state index contributed by atoms with van der Waals surface area (Å²) in [5.41, 5.74) is 1.20. The highest BCUT2D eigenvalue weighted by Crippen LogP contribution is 2.21. The van der Waals surface area contributed by atoms with Crippen molar-refractivity contribution >= 4 is 0 Å². The molecule has 1 aromatic carbocycles. The van der Waals surface area contributed by atoms with E-state index < -0.39 is 0 Å². The fourth-order valence-electron chi connectivity index (χ4n) is 1.67. The van der Waals surface area contributed by atoms with E-state index in [0.717, 1.165) is 19.4 Å². The van der Waals surface area contributed by atoms with Gasteiger partial charge in [-0.25, -0.2) is 0 Å². The van der Waals surface area contributed by atoms with Gasteiger partial charge in [0.1, 0.15) is 0 Å². The summed E-state index contributed by atoms with van der Waals surface area (Å²) >= 11 is 0. The van der Waals surface area contributed by atoms with Gasteiger partial charge in [0.25, 0.3) is 0 Å². The Kier molecular flexibility index (Phi) is 5.37. The van der Waals surface area contributed by atoms with Gasteiger partial charge in [0.2, 0.25) is 0 Å². The van der Waals surface area contributed by atoms with Crippen molar-refractivity contribution in [3.8, 4) is 0 Å². The van der Waals surface area contributed by atoms with E-state index in [1.165, 1.54) is 5.56 Å². The van der Waals surface area contributed by atoms with E-state index in [1.54, 1.807) is 7.11 Å². The second-order valence-corrected chi connectivity index (χ2v) is 3.90. The molecule has 1 rings (SSSR count). The Morgan fingerprint density at radius 1 is 1.27 bits per heavy atom. The van der Waals surface area contributed by atoms with Crippen LogP contribution in [-0.4, -0.2) is 24.9 Å². The number of hydrogen-bond acceptors (Lipinski definition) is 2. The third kappa shape index (κ3) is 4.02. The Morgan fingerprint density at radius 3 is 2.53 bits per heavy atom. The van der Waals surface area contributed by atoms with Crippen LogP contribution in [0.2, 0.25) is 0 Å². The van der Waals surface area contributed by atoms with Crippen LogP contribution < -0.4 is 0 Å². The van der Waals surface area contributed by atoms with Crippen molar-refractivity contribution in [2.75, 3.05) is 13.7 Å². The average molecular weight is 208 g/mol. The Hall–Kier alpha value is -0.860. The zero-order valence-electron chi connectivity index (χ0n) is 9.52. The molecule has 0 aliphatic carbocycles. The predicted octanol–water partition coefficient (Wildman–Crippen LogP) is 2.58. The lowest BCUT2D eigenvalue weighted by Crippen LogP contribution is -2.16. The molecule has 2 heteroatoms. The van der Waals surface area contributed by atoms with Crippen LogP contribution >= 0.6 is 0 Å². The van der Waals surface area contributed by atoms with Gasteiger partial charge in [-0.05, 0) is 18.4 Å². The van der Waals surface area contributed by atoms with Crippen molar-refractivity contribution in [1.82, 2.24) is 0 Å². The van der Waals surface area contributed by atoms with Crippen LogP contribution in [0.1, 0.15) is 31.2 Å². The summed E-state index contributed by atoms with van der Waals surface area (Å²) in [5.74, 6) is 0.197. The van der Waals surface area contributed by atoms with Crippen molar-refractivity contribution < 1.29 is 9.84 Å². The number of aliphatic hydroxyl groups is 1. The van der Waals surface area contributed by atoms with Gasteiger partial charge in [-0.3, -0.25) is 0 Å². The van der Waals surface area contributed by atoms with Crippen molar-refractivity contribution in [2.24, 2.45) is 0 Å². The summed E-state index contributed by atoms with van der Waals surface area (Å²) in [4.78, 5) is 0. The van der Waals surface area contributed by atoms with Crippen LogP contribution in [0.3, 0.4) is 0 Å². The highest BCUT2D eigenvalue weighted by Gasteiger charge is 2.15. The molecule has 2 nitrogen and oxygen atoms in total. The van der Waals surface area contributed by atoms with Crippen molar-refractivity contribution in [2.45, 2.75) is 31.8 Å². The number of aliphatic hydroxyl groups excluding tert-OH is 1. The zero-order chi connectivity index (χ0) is 11.1. The van der Waals surface area contributed by atoms with Gasteiger partial charge in [-0.1, -0.05) is 37.3 Å². The van der Waals surface area contributed by atoms with Crippen LogP contribution in [-0.2, 0) is 4.74 Å². The van der Waals surface area contributed by atoms with Crippen molar-refractivity contribution in [3.63, 3.8) is 0 Å². The summed E-state index contributed by atoms with van der Waals surface area (Å²) in [6.07, 6.45) is 1.43. The first-order valence-corrected chi connectivity index (χ1v) is 5.47. The van der Waals surface area contributed by atoms with Gasteiger partial charge in [-0.2, -0.15) is 0 Å². The molecule has 0 saturated carbocycles. The molecule has 1 N–H and O–H groups in total. The normalized spacial score (nSPS) is 14.9. The summed E-state index contributed by atoms with van der Waals surface area (Å²) < 4.78 is 4.97. The van der Waals surface area contributed by atoms with Gasteiger partial charge in [-0.15, -0.1) is 0 Å². The Balaban J connectivity index is 2.42. The molecule has 2 unspecified atom stereocenters. The predicted molar refractivity (Wildman–Crippen MR) is 62.0 cm³/mol. The topological polar surface area (TPSA) is 29.5 Å². The molecule has 0 radical (unpaired) electrons. The molecule has 0 aliphatic heterocycles. The molecule has 0 aliphatic rings. The van der Waals surface area contributed by atoms with E-state index in [2.05, 4.69) is 19.1 Å². The largest absolute Gasteiger partial charge is 0.393 e. The lowest BCUT2D eigenvalue weighted by Gasteiger charge is -2.18. The molecule has 84 valence electrons. The number of ether oxygens (including phenoxy) is 1. The van der Waals surface area contributed by atoms with Gasteiger partial charge in [0.05, 0.1) is 6.10 Å². The quantitative estimate of drug-likeness (QED) is 0.728. The lowest BCUT2D eigenvalue weighted by atomic mass is 9.93. The highest BCUT2D eigenvalue weighted by atomic mass is 16.5. The number of benzene rings is 1. The molecular weight excluding hydrogens is 188 g/mol. The third-order valence-corrected chi connectivity index (χ3v) is 2.75. The van der Waals surface area contributed by atoms with E-state index >= 15 is 0 Å². The third-order valence-electron chi connectivity index (χ3n) is 2.75. The minimum atomic E-state index is -0.275. The number of rotatable bonds is 6. The van der Waals surface area contributed by atoms with Crippen LogP contribution in [0, 0.1) is 0 Å². The van der Waals surface area contributed by atoms with Crippen LogP contribution in [0.25, 0.3) is 0 Å². The maximum atomic E-state index is 9.94. The second kappa shape index (κ2) is 6.59. The molecule has 0 amide bonds. The van der Waals surface area contributed by atoms with Gasteiger partial charge in [0.15, 0.2) is 0 Å². The second-order valence-electron chi connectivity index (χ2n) is 3.90. The minimum absolute atomic E-state index is 0.197. The Morgan fingerprint density at radius 2 is 1.93 bits per heavy atom. The number of methoxy groups -OCH3 is 1. The first kappa shape index (κ1) is 12.2. The Bertz CT molecular complexity index is 258. The van der Waals surface area contributed by atoms with Gasteiger partial charge < -0.3 is 9.84 Å².